The highest BCUT2D eigenvalue weighted by atomic mass is 16.3. The zero-order chi connectivity index (χ0) is 15.9. The van der Waals surface area contributed by atoms with Crippen LogP contribution in [0.15, 0.2) is 60.7 Å². The summed E-state index contributed by atoms with van der Waals surface area (Å²) in [5.41, 5.74) is 2.76. The monoisotopic (exact) mass is 309 g/mol. The van der Waals surface area contributed by atoms with Crippen molar-refractivity contribution >= 4 is 0 Å². The van der Waals surface area contributed by atoms with Gasteiger partial charge in [-0.05, 0) is 42.7 Å². The van der Waals surface area contributed by atoms with E-state index in [2.05, 4.69) is 65.6 Å². The van der Waals surface area contributed by atoms with E-state index in [-0.39, 0.29) is 0 Å². The third kappa shape index (κ3) is 4.66. The summed E-state index contributed by atoms with van der Waals surface area (Å²) in [5, 5.41) is 9.37. The number of aliphatic hydroxyl groups is 1. The van der Waals surface area contributed by atoms with Crippen molar-refractivity contribution in [2.45, 2.75) is 44.8 Å². The molecule has 1 fully saturated rings. The van der Waals surface area contributed by atoms with Gasteiger partial charge in [0.2, 0.25) is 0 Å². The summed E-state index contributed by atoms with van der Waals surface area (Å²) in [6.07, 6.45) is 4.71. The molecule has 0 aliphatic heterocycles. The van der Waals surface area contributed by atoms with E-state index in [1.807, 2.05) is 0 Å². The maximum absolute atomic E-state index is 9.37. The molecular weight excluding hydrogens is 282 g/mol. The fourth-order valence-corrected chi connectivity index (χ4v) is 3.64. The number of benzene rings is 2. The molecule has 0 spiro atoms. The first-order chi connectivity index (χ1) is 11.3. The lowest BCUT2D eigenvalue weighted by Gasteiger charge is -2.36. The summed E-state index contributed by atoms with van der Waals surface area (Å²) in [6.45, 7) is 2.36. The van der Waals surface area contributed by atoms with Gasteiger partial charge in [-0.25, -0.2) is 0 Å². The maximum atomic E-state index is 9.37. The molecule has 1 saturated carbocycles. The van der Waals surface area contributed by atoms with Crippen LogP contribution in [0.25, 0.3) is 0 Å². The predicted octanol–water partition coefficient (Wildman–Crippen LogP) is 4.24. The van der Waals surface area contributed by atoms with Gasteiger partial charge in [0.05, 0.1) is 0 Å². The minimum absolute atomic E-state index is 0.351. The van der Waals surface area contributed by atoms with Crippen molar-refractivity contribution < 1.29 is 5.11 Å². The summed E-state index contributed by atoms with van der Waals surface area (Å²) in [5.74, 6) is 0.515. The van der Waals surface area contributed by atoms with Gasteiger partial charge in [0.1, 0.15) is 0 Å². The molecule has 2 heteroatoms. The summed E-state index contributed by atoms with van der Waals surface area (Å²) in [4.78, 5) is 2.62. The van der Waals surface area contributed by atoms with Gasteiger partial charge in [0.25, 0.3) is 0 Å². The minimum atomic E-state index is 0.351. The minimum Gasteiger partial charge on any atom is -0.396 e. The van der Waals surface area contributed by atoms with Crippen LogP contribution in [0.2, 0.25) is 0 Å². The standard InChI is InChI=1S/C21H27NO/c23-17-20-11-13-21(14-12-20)22(15-18-7-3-1-4-8-18)16-19-9-5-2-6-10-19/h1-10,20-21,23H,11-17H2/t20-,21-. The molecule has 2 nitrogen and oxygen atoms in total. The molecule has 0 heterocycles. The van der Waals surface area contributed by atoms with Crippen LogP contribution in [0.5, 0.6) is 0 Å². The Hall–Kier alpha value is -1.64. The van der Waals surface area contributed by atoms with Crippen molar-refractivity contribution in [3.8, 4) is 0 Å². The van der Waals surface area contributed by atoms with E-state index in [0.29, 0.717) is 18.6 Å². The second-order valence-electron chi connectivity index (χ2n) is 6.73. The van der Waals surface area contributed by atoms with Gasteiger partial charge in [-0.3, -0.25) is 4.90 Å². The molecule has 0 bridgehead atoms. The molecule has 0 saturated heterocycles. The number of nitrogens with zero attached hydrogens (tertiary/aromatic N) is 1. The van der Waals surface area contributed by atoms with E-state index in [4.69, 9.17) is 0 Å². The van der Waals surface area contributed by atoms with E-state index >= 15 is 0 Å². The van der Waals surface area contributed by atoms with Gasteiger partial charge >= 0.3 is 0 Å². The zero-order valence-corrected chi connectivity index (χ0v) is 13.8. The number of hydrogen-bond acceptors (Lipinski definition) is 2. The highest BCUT2D eigenvalue weighted by molar-refractivity contribution is 5.17. The number of aliphatic hydroxyl groups excluding tert-OH is 1. The van der Waals surface area contributed by atoms with Crippen LogP contribution in [-0.4, -0.2) is 22.7 Å². The zero-order valence-electron chi connectivity index (χ0n) is 13.8. The van der Waals surface area contributed by atoms with Crippen molar-refractivity contribution in [2.75, 3.05) is 6.61 Å². The van der Waals surface area contributed by atoms with Crippen molar-refractivity contribution in [2.24, 2.45) is 5.92 Å². The SMILES string of the molecule is OC[C@H]1CC[C@H](N(Cc2ccccc2)Cc2ccccc2)CC1. The molecule has 0 aromatic heterocycles. The Balaban J connectivity index is 1.70. The van der Waals surface area contributed by atoms with Gasteiger partial charge in [-0.1, -0.05) is 60.7 Å². The Bertz CT molecular complexity index is 519. The third-order valence-corrected chi connectivity index (χ3v) is 5.05. The Kier molecular flexibility index (Phi) is 5.84. The highest BCUT2D eigenvalue weighted by Gasteiger charge is 2.25. The van der Waals surface area contributed by atoms with E-state index in [1.165, 1.54) is 24.0 Å². The third-order valence-electron chi connectivity index (χ3n) is 5.05. The van der Waals surface area contributed by atoms with Crippen LogP contribution in [0.4, 0.5) is 0 Å². The lowest BCUT2D eigenvalue weighted by Crippen LogP contribution is -2.37. The van der Waals surface area contributed by atoms with Gasteiger partial charge in [0.15, 0.2) is 0 Å². The molecule has 1 aliphatic rings. The summed E-state index contributed by atoms with van der Waals surface area (Å²) < 4.78 is 0. The van der Waals surface area contributed by atoms with E-state index in [0.717, 1.165) is 25.9 Å². The Morgan fingerprint density at radius 1 is 0.739 bits per heavy atom. The van der Waals surface area contributed by atoms with Crippen molar-refractivity contribution in [3.63, 3.8) is 0 Å². The first kappa shape index (κ1) is 16.2. The van der Waals surface area contributed by atoms with Crippen LogP contribution >= 0.6 is 0 Å². The molecule has 0 amide bonds. The largest absolute Gasteiger partial charge is 0.396 e. The maximum Gasteiger partial charge on any atom is 0.0459 e. The van der Waals surface area contributed by atoms with Crippen LogP contribution < -0.4 is 0 Å². The summed E-state index contributed by atoms with van der Waals surface area (Å²) in [6, 6.07) is 22.2. The second kappa shape index (κ2) is 8.28. The Labute approximate surface area is 139 Å². The number of hydrogen-bond donors (Lipinski definition) is 1. The van der Waals surface area contributed by atoms with Crippen molar-refractivity contribution in [1.82, 2.24) is 4.90 Å². The first-order valence-corrected chi connectivity index (χ1v) is 8.78. The average molecular weight is 309 g/mol. The van der Waals surface area contributed by atoms with Crippen LogP contribution in [0, 0.1) is 5.92 Å². The molecule has 2 aromatic carbocycles. The van der Waals surface area contributed by atoms with Gasteiger partial charge in [-0.2, -0.15) is 0 Å². The van der Waals surface area contributed by atoms with Crippen LogP contribution in [-0.2, 0) is 13.1 Å². The molecule has 1 aliphatic carbocycles. The first-order valence-electron chi connectivity index (χ1n) is 8.78. The van der Waals surface area contributed by atoms with E-state index < -0.39 is 0 Å². The van der Waals surface area contributed by atoms with Crippen molar-refractivity contribution in [1.29, 1.82) is 0 Å². The molecule has 0 atom stereocenters. The van der Waals surface area contributed by atoms with Crippen LogP contribution in [0.3, 0.4) is 0 Å². The van der Waals surface area contributed by atoms with Crippen molar-refractivity contribution in [3.05, 3.63) is 71.8 Å². The van der Waals surface area contributed by atoms with E-state index in [1.54, 1.807) is 0 Å². The lowest BCUT2D eigenvalue weighted by atomic mass is 9.85. The quantitative estimate of drug-likeness (QED) is 0.862. The predicted molar refractivity (Wildman–Crippen MR) is 95.0 cm³/mol. The van der Waals surface area contributed by atoms with E-state index in [9.17, 15) is 5.11 Å². The molecule has 3 rings (SSSR count). The number of rotatable bonds is 6. The molecule has 0 radical (unpaired) electrons. The Morgan fingerprint density at radius 3 is 1.65 bits per heavy atom. The average Bonchev–Trinajstić information content (AvgIpc) is 2.63. The van der Waals surface area contributed by atoms with Gasteiger partial charge in [0, 0.05) is 25.7 Å². The molecule has 0 unspecified atom stereocenters. The van der Waals surface area contributed by atoms with Crippen LogP contribution in [0.1, 0.15) is 36.8 Å². The highest BCUT2D eigenvalue weighted by Crippen LogP contribution is 2.29. The molecule has 23 heavy (non-hydrogen) atoms. The second-order valence-corrected chi connectivity index (χ2v) is 6.73. The smallest absolute Gasteiger partial charge is 0.0459 e. The van der Waals surface area contributed by atoms with Gasteiger partial charge in [-0.15, -0.1) is 0 Å². The molecule has 1 N–H and O–H groups in total. The molecular formula is C21H27NO. The fraction of sp³-hybridized carbons (Fsp3) is 0.429. The lowest BCUT2D eigenvalue weighted by molar-refractivity contribution is 0.0997. The topological polar surface area (TPSA) is 23.5 Å². The molecule has 122 valence electrons. The van der Waals surface area contributed by atoms with Gasteiger partial charge < -0.3 is 5.11 Å². The Morgan fingerprint density at radius 2 is 1.22 bits per heavy atom. The molecule has 2 aromatic rings. The summed E-state index contributed by atoms with van der Waals surface area (Å²) >= 11 is 0. The fourth-order valence-electron chi connectivity index (χ4n) is 3.64. The normalized spacial score (nSPS) is 21.5. The summed E-state index contributed by atoms with van der Waals surface area (Å²) in [7, 11) is 0.